The van der Waals surface area contributed by atoms with E-state index in [0.717, 1.165) is 25.2 Å². The van der Waals surface area contributed by atoms with Gasteiger partial charge in [0.2, 0.25) is 0 Å². The van der Waals surface area contributed by atoms with Gasteiger partial charge in [0.15, 0.2) is 0 Å². The van der Waals surface area contributed by atoms with E-state index in [-0.39, 0.29) is 5.91 Å². The van der Waals surface area contributed by atoms with E-state index < -0.39 is 0 Å². The van der Waals surface area contributed by atoms with E-state index in [2.05, 4.69) is 17.3 Å². The minimum absolute atomic E-state index is 0.0859. The Bertz CT molecular complexity index is 548. The fourth-order valence-corrected chi connectivity index (χ4v) is 3.75. The molecule has 2 bridgehead atoms. The average molecular weight is 308 g/mol. The summed E-state index contributed by atoms with van der Waals surface area (Å²) in [5.41, 5.74) is 1.51. The Morgan fingerprint density at radius 2 is 2.05 bits per heavy atom. The number of halogens is 1. The minimum Gasteiger partial charge on any atom is -0.387 e. The molecule has 21 heavy (non-hydrogen) atoms. The Kier molecular flexibility index (Phi) is 4.09. The zero-order chi connectivity index (χ0) is 15.0. The number of hydrogen-bond acceptors (Lipinski definition) is 3. The normalized spacial score (nSPS) is 25.8. The molecule has 1 N–H and O–H groups in total. The van der Waals surface area contributed by atoms with Crippen molar-refractivity contribution in [3.63, 3.8) is 0 Å². The number of amides is 1. The van der Waals surface area contributed by atoms with Gasteiger partial charge in [0.05, 0.1) is 5.56 Å². The number of rotatable bonds is 2. The number of hydrogen-bond donors (Lipinski definition) is 1. The topological polar surface area (TPSA) is 35.6 Å². The second-order valence-electron chi connectivity index (χ2n) is 6.03. The largest absolute Gasteiger partial charge is 0.387 e. The summed E-state index contributed by atoms with van der Waals surface area (Å²) < 4.78 is 0. The van der Waals surface area contributed by atoms with E-state index >= 15 is 0 Å². The van der Waals surface area contributed by atoms with Crippen LogP contribution in [0.5, 0.6) is 0 Å². The number of nitrogens with zero attached hydrogens (tertiary/aromatic N) is 2. The predicted molar refractivity (Wildman–Crippen MR) is 86.1 cm³/mol. The van der Waals surface area contributed by atoms with Crippen LogP contribution in [0, 0.1) is 0 Å². The van der Waals surface area contributed by atoms with Gasteiger partial charge in [-0.1, -0.05) is 11.6 Å². The molecule has 1 amide bonds. The monoisotopic (exact) mass is 307 g/mol. The van der Waals surface area contributed by atoms with Crippen molar-refractivity contribution < 1.29 is 4.79 Å². The highest BCUT2D eigenvalue weighted by Crippen LogP contribution is 2.30. The Labute approximate surface area is 131 Å². The van der Waals surface area contributed by atoms with Crippen molar-refractivity contribution in [1.29, 1.82) is 0 Å². The van der Waals surface area contributed by atoms with Crippen molar-refractivity contribution in [3.05, 3.63) is 28.8 Å². The van der Waals surface area contributed by atoms with Gasteiger partial charge >= 0.3 is 0 Å². The number of nitrogens with one attached hydrogen (secondary N) is 1. The van der Waals surface area contributed by atoms with Crippen LogP contribution in [-0.2, 0) is 0 Å². The maximum absolute atomic E-state index is 12.9. The van der Waals surface area contributed by atoms with Gasteiger partial charge in [-0.05, 0) is 44.5 Å². The summed E-state index contributed by atoms with van der Waals surface area (Å²) >= 11 is 6.07. The van der Waals surface area contributed by atoms with Gasteiger partial charge in [-0.25, -0.2) is 0 Å². The number of likely N-dealkylation sites (tertiary alicyclic amines) is 1. The molecule has 3 rings (SSSR count). The number of fused-ring (bicyclic) bond motifs is 2. The van der Waals surface area contributed by atoms with Crippen molar-refractivity contribution in [3.8, 4) is 0 Å². The molecule has 2 aliphatic rings. The molecule has 2 heterocycles. The molecule has 2 aliphatic heterocycles. The summed E-state index contributed by atoms with van der Waals surface area (Å²) in [6.45, 7) is 1.65. The first-order valence-electron chi connectivity index (χ1n) is 7.58. The van der Waals surface area contributed by atoms with Crippen LogP contribution < -0.4 is 5.32 Å². The molecule has 4 nitrogen and oxygen atoms in total. The molecule has 1 aromatic carbocycles. The summed E-state index contributed by atoms with van der Waals surface area (Å²) in [7, 11) is 4.02. The second kappa shape index (κ2) is 5.85. The van der Waals surface area contributed by atoms with E-state index in [1.165, 1.54) is 12.8 Å². The summed E-state index contributed by atoms with van der Waals surface area (Å²) in [4.78, 5) is 17.3. The molecule has 2 atom stereocenters. The van der Waals surface area contributed by atoms with Gasteiger partial charge in [-0.2, -0.15) is 0 Å². The Morgan fingerprint density at radius 1 is 1.29 bits per heavy atom. The average Bonchev–Trinajstić information content (AvgIpc) is 2.71. The first-order chi connectivity index (χ1) is 10.1. The van der Waals surface area contributed by atoms with Crippen molar-refractivity contribution in [2.75, 3.05) is 32.5 Å². The van der Waals surface area contributed by atoms with E-state index in [4.69, 9.17) is 11.6 Å². The van der Waals surface area contributed by atoms with Crippen molar-refractivity contribution in [2.45, 2.75) is 31.3 Å². The molecule has 0 aliphatic carbocycles. The lowest BCUT2D eigenvalue weighted by molar-refractivity contribution is 0.0741. The lowest BCUT2D eigenvalue weighted by Gasteiger charge is -2.26. The van der Waals surface area contributed by atoms with Gasteiger partial charge in [-0.15, -0.1) is 0 Å². The second-order valence-corrected chi connectivity index (χ2v) is 6.47. The summed E-state index contributed by atoms with van der Waals surface area (Å²) in [6, 6.07) is 6.57. The third-order valence-corrected chi connectivity index (χ3v) is 5.15. The van der Waals surface area contributed by atoms with Gasteiger partial charge in [-0.3, -0.25) is 9.69 Å². The van der Waals surface area contributed by atoms with Crippen LogP contribution in [-0.4, -0.2) is 55.0 Å². The van der Waals surface area contributed by atoms with Crippen LogP contribution in [0.1, 0.15) is 29.6 Å². The Balaban J connectivity index is 1.84. The van der Waals surface area contributed by atoms with Crippen molar-refractivity contribution in [1.82, 2.24) is 9.80 Å². The van der Waals surface area contributed by atoms with E-state index in [1.54, 1.807) is 6.07 Å². The molecule has 1 aromatic rings. The van der Waals surface area contributed by atoms with Crippen LogP contribution in [0.3, 0.4) is 0 Å². The van der Waals surface area contributed by atoms with Crippen LogP contribution in [0.25, 0.3) is 0 Å². The highest BCUT2D eigenvalue weighted by Gasteiger charge is 2.36. The summed E-state index contributed by atoms with van der Waals surface area (Å²) in [6.07, 6.45) is 3.52. The van der Waals surface area contributed by atoms with Gasteiger partial charge in [0.1, 0.15) is 0 Å². The smallest absolute Gasteiger partial charge is 0.256 e. The van der Waals surface area contributed by atoms with Gasteiger partial charge in [0, 0.05) is 42.9 Å². The molecule has 0 saturated carbocycles. The van der Waals surface area contributed by atoms with Crippen molar-refractivity contribution >= 4 is 23.2 Å². The molecule has 2 saturated heterocycles. The lowest BCUT2D eigenvalue weighted by Crippen LogP contribution is -2.39. The van der Waals surface area contributed by atoms with E-state index in [9.17, 15) is 4.79 Å². The predicted octanol–water partition coefficient (Wildman–Crippen LogP) is 2.69. The standard InChI is InChI=1S/C16H22ClN3O/c1-18-15-6-3-11(17)9-14(15)16(21)20-8-7-12-4-5-13(10-20)19(12)2/h3,6,9,12-13,18H,4-5,7-8,10H2,1-2H3. The number of likely N-dealkylation sites (N-methyl/N-ethyl adjacent to an activating group) is 1. The maximum atomic E-state index is 12.9. The Hall–Kier alpha value is -1.26. The fraction of sp³-hybridized carbons (Fsp3) is 0.562. The zero-order valence-corrected chi connectivity index (χ0v) is 13.4. The third-order valence-electron chi connectivity index (χ3n) is 4.92. The molecular weight excluding hydrogens is 286 g/mol. The number of anilines is 1. The first kappa shape index (κ1) is 14.7. The molecule has 5 heteroatoms. The fourth-order valence-electron chi connectivity index (χ4n) is 3.57. The molecule has 2 unspecified atom stereocenters. The highest BCUT2D eigenvalue weighted by atomic mass is 35.5. The quantitative estimate of drug-likeness (QED) is 0.912. The lowest BCUT2D eigenvalue weighted by atomic mass is 10.1. The van der Waals surface area contributed by atoms with E-state index in [0.29, 0.717) is 22.7 Å². The Morgan fingerprint density at radius 3 is 2.81 bits per heavy atom. The molecule has 0 spiro atoms. The number of carbonyl (C=O) groups is 1. The zero-order valence-electron chi connectivity index (χ0n) is 12.6. The number of carbonyl (C=O) groups excluding carboxylic acids is 1. The SMILES string of the molecule is CNc1ccc(Cl)cc1C(=O)N1CCC2CCC(C1)N2C. The molecule has 0 aromatic heterocycles. The molecule has 114 valence electrons. The highest BCUT2D eigenvalue weighted by molar-refractivity contribution is 6.31. The molecular formula is C16H22ClN3O. The van der Waals surface area contributed by atoms with Crippen LogP contribution in [0.15, 0.2) is 18.2 Å². The first-order valence-corrected chi connectivity index (χ1v) is 7.96. The van der Waals surface area contributed by atoms with Crippen LogP contribution in [0.2, 0.25) is 5.02 Å². The maximum Gasteiger partial charge on any atom is 0.256 e. The third kappa shape index (κ3) is 2.74. The van der Waals surface area contributed by atoms with Crippen molar-refractivity contribution in [2.24, 2.45) is 0 Å². The molecule has 2 fully saturated rings. The molecule has 0 radical (unpaired) electrons. The van der Waals surface area contributed by atoms with Gasteiger partial charge in [0.25, 0.3) is 5.91 Å². The van der Waals surface area contributed by atoms with E-state index in [1.807, 2.05) is 24.1 Å². The number of benzene rings is 1. The summed E-state index contributed by atoms with van der Waals surface area (Å²) in [5, 5.41) is 3.69. The van der Waals surface area contributed by atoms with Gasteiger partial charge < -0.3 is 10.2 Å². The van der Waals surface area contributed by atoms with Crippen LogP contribution in [0.4, 0.5) is 5.69 Å². The summed E-state index contributed by atoms with van der Waals surface area (Å²) in [5.74, 6) is 0.0859. The minimum atomic E-state index is 0.0859. The van der Waals surface area contributed by atoms with Crippen LogP contribution >= 0.6 is 11.6 Å².